The molecule has 0 radical (unpaired) electrons. The Balaban J connectivity index is 2.61. The molecule has 92 valence electrons. The third-order valence-corrected chi connectivity index (χ3v) is 3.79. The highest BCUT2D eigenvalue weighted by Crippen LogP contribution is 2.28. The second-order valence-electron chi connectivity index (χ2n) is 3.27. The number of thioether (sulfide) groups is 1. The highest BCUT2D eigenvalue weighted by Gasteiger charge is 2.04. The van der Waals surface area contributed by atoms with Gasteiger partial charge in [-0.3, -0.25) is 0 Å². The van der Waals surface area contributed by atoms with Crippen molar-refractivity contribution < 1.29 is 9.90 Å². The molecular formula is C12H12Cl2O2S. The van der Waals surface area contributed by atoms with Crippen molar-refractivity contribution in [2.45, 2.75) is 18.2 Å². The van der Waals surface area contributed by atoms with E-state index >= 15 is 0 Å². The zero-order chi connectivity index (χ0) is 12.8. The highest BCUT2D eigenvalue weighted by atomic mass is 35.5. The van der Waals surface area contributed by atoms with Crippen LogP contribution in [-0.2, 0) is 4.79 Å². The van der Waals surface area contributed by atoms with Crippen molar-refractivity contribution in [3.8, 4) is 0 Å². The molecule has 0 aliphatic heterocycles. The zero-order valence-electron chi connectivity index (χ0n) is 9.24. The van der Waals surface area contributed by atoms with E-state index in [1.807, 2.05) is 13.0 Å². The molecule has 2 nitrogen and oxygen atoms in total. The summed E-state index contributed by atoms with van der Waals surface area (Å²) in [5, 5.41) is 9.86. The van der Waals surface area contributed by atoms with Crippen LogP contribution in [0.2, 0.25) is 10.0 Å². The molecule has 0 aromatic heterocycles. The monoisotopic (exact) mass is 290 g/mol. The number of rotatable bonds is 5. The first kappa shape index (κ1) is 14.4. The van der Waals surface area contributed by atoms with Gasteiger partial charge in [0.2, 0.25) is 0 Å². The number of carboxylic acid groups (broad SMARTS) is 1. The van der Waals surface area contributed by atoms with E-state index in [2.05, 4.69) is 0 Å². The fourth-order valence-corrected chi connectivity index (χ4v) is 2.39. The number of carbonyl (C=O) groups is 1. The molecule has 0 heterocycles. The molecule has 0 amide bonds. The topological polar surface area (TPSA) is 37.3 Å². The molecule has 0 bridgehead atoms. The fourth-order valence-electron chi connectivity index (χ4n) is 1.19. The van der Waals surface area contributed by atoms with Gasteiger partial charge in [-0.2, -0.15) is 0 Å². The first-order valence-corrected chi connectivity index (χ1v) is 6.79. The maximum absolute atomic E-state index is 10.8. The number of carboxylic acids is 1. The lowest BCUT2D eigenvalue weighted by molar-refractivity contribution is -0.132. The number of benzene rings is 1. The predicted molar refractivity (Wildman–Crippen MR) is 73.2 cm³/mol. The Kier molecular flexibility index (Phi) is 5.89. The molecule has 0 unspecified atom stereocenters. The van der Waals surface area contributed by atoms with Crippen LogP contribution in [0, 0.1) is 0 Å². The van der Waals surface area contributed by atoms with Gasteiger partial charge in [-0.25, -0.2) is 4.79 Å². The largest absolute Gasteiger partial charge is 0.478 e. The summed E-state index contributed by atoms with van der Waals surface area (Å²) in [6.45, 7) is 1.82. The van der Waals surface area contributed by atoms with Gasteiger partial charge in [0.25, 0.3) is 0 Å². The molecule has 1 aromatic rings. The molecule has 0 spiro atoms. The summed E-state index contributed by atoms with van der Waals surface area (Å²) in [5.74, 6) is -0.254. The summed E-state index contributed by atoms with van der Waals surface area (Å²) < 4.78 is 0. The zero-order valence-corrected chi connectivity index (χ0v) is 11.6. The van der Waals surface area contributed by atoms with Gasteiger partial charge in [0.1, 0.15) is 0 Å². The molecular weight excluding hydrogens is 279 g/mol. The molecule has 0 aliphatic carbocycles. The van der Waals surface area contributed by atoms with Crippen molar-refractivity contribution in [3.63, 3.8) is 0 Å². The average Bonchev–Trinajstić information content (AvgIpc) is 2.28. The van der Waals surface area contributed by atoms with E-state index < -0.39 is 5.97 Å². The van der Waals surface area contributed by atoms with Gasteiger partial charge in [0.05, 0.1) is 10.0 Å². The first-order chi connectivity index (χ1) is 8.04. The Bertz CT molecular complexity index is 444. The Morgan fingerprint density at radius 1 is 1.41 bits per heavy atom. The van der Waals surface area contributed by atoms with Crippen LogP contribution < -0.4 is 0 Å². The van der Waals surface area contributed by atoms with Crippen LogP contribution in [0.4, 0.5) is 0 Å². The van der Waals surface area contributed by atoms with Crippen LogP contribution in [-0.4, -0.2) is 16.8 Å². The van der Waals surface area contributed by atoms with Gasteiger partial charge < -0.3 is 5.11 Å². The lowest BCUT2D eigenvalue weighted by atomic mass is 10.2. The maximum atomic E-state index is 10.8. The van der Waals surface area contributed by atoms with E-state index in [0.29, 0.717) is 27.8 Å². The van der Waals surface area contributed by atoms with Crippen molar-refractivity contribution >= 4 is 40.9 Å². The summed E-state index contributed by atoms with van der Waals surface area (Å²) >= 11 is 13.2. The van der Waals surface area contributed by atoms with Crippen LogP contribution in [0.3, 0.4) is 0 Å². The summed E-state index contributed by atoms with van der Waals surface area (Å²) in [7, 11) is 0. The summed E-state index contributed by atoms with van der Waals surface area (Å²) in [6, 6.07) is 5.36. The molecule has 1 N–H and O–H groups in total. The Labute approximate surface area is 115 Å². The van der Waals surface area contributed by atoms with Gasteiger partial charge in [0.15, 0.2) is 0 Å². The van der Waals surface area contributed by atoms with Crippen molar-refractivity contribution in [2.75, 3.05) is 5.75 Å². The van der Waals surface area contributed by atoms with Gasteiger partial charge in [-0.1, -0.05) is 36.2 Å². The second kappa shape index (κ2) is 6.94. The third kappa shape index (κ3) is 4.62. The van der Waals surface area contributed by atoms with E-state index in [-0.39, 0.29) is 0 Å². The maximum Gasteiger partial charge on any atom is 0.331 e. The lowest BCUT2D eigenvalue weighted by Crippen LogP contribution is -1.99. The minimum absolute atomic E-state index is 0.428. The first-order valence-electron chi connectivity index (χ1n) is 5.04. The normalized spacial score (nSPS) is 11.6. The van der Waals surface area contributed by atoms with Crippen molar-refractivity contribution in [3.05, 3.63) is 39.9 Å². The summed E-state index contributed by atoms with van der Waals surface area (Å²) in [4.78, 5) is 11.7. The molecule has 0 saturated heterocycles. The van der Waals surface area contributed by atoms with Crippen molar-refractivity contribution in [1.29, 1.82) is 0 Å². The van der Waals surface area contributed by atoms with Gasteiger partial charge >= 0.3 is 5.97 Å². The van der Waals surface area contributed by atoms with E-state index in [9.17, 15) is 4.79 Å². The van der Waals surface area contributed by atoms with Crippen molar-refractivity contribution in [2.24, 2.45) is 0 Å². The Hall–Kier alpha value is -0.640. The number of hydrogen-bond acceptors (Lipinski definition) is 2. The standard InChI is InChI=1S/C12H12Cl2O2S/c1-2-8(12(15)16)5-6-17-9-3-4-10(13)11(14)7-9/h3-5,7H,2,6H2,1H3,(H,15,16). The van der Waals surface area contributed by atoms with Gasteiger partial charge in [-0.15, -0.1) is 11.8 Å². The molecule has 5 heteroatoms. The third-order valence-electron chi connectivity index (χ3n) is 2.13. The van der Waals surface area contributed by atoms with Crippen LogP contribution in [0.15, 0.2) is 34.7 Å². The Morgan fingerprint density at radius 3 is 2.65 bits per heavy atom. The van der Waals surface area contributed by atoms with E-state index in [1.54, 1.807) is 18.2 Å². The Morgan fingerprint density at radius 2 is 2.12 bits per heavy atom. The quantitative estimate of drug-likeness (QED) is 0.640. The molecule has 0 atom stereocenters. The molecule has 1 aromatic carbocycles. The summed E-state index contributed by atoms with van der Waals surface area (Å²) in [5.41, 5.74) is 0.428. The van der Waals surface area contributed by atoms with Crippen LogP contribution in [0.25, 0.3) is 0 Å². The minimum atomic E-state index is -0.859. The number of hydrogen-bond donors (Lipinski definition) is 1. The van der Waals surface area contributed by atoms with Gasteiger partial charge in [-0.05, 0) is 24.6 Å². The number of halogens is 2. The molecule has 0 aliphatic rings. The van der Waals surface area contributed by atoms with Crippen LogP contribution in [0.1, 0.15) is 13.3 Å². The van der Waals surface area contributed by atoms with Crippen molar-refractivity contribution in [1.82, 2.24) is 0 Å². The van der Waals surface area contributed by atoms with Crippen LogP contribution >= 0.6 is 35.0 Å². The predicted octanol–water partition coefficient (Wildman–Crippen LogP) is 4.51. The average molecular weight is 291 g/mol. The van der Waals surface area contributed by atoms with Gasteiger partial charge in [0, 0.05) is 16.2 Å². The lowest BCUT2D eigenvalue weighted by Gasteiger charge is -2.02. The van der Waals surface area contributed by atoms with Crippen LogP contribution in [0.5, 0.6) is 0 Å². The molecule has 1 rings (SSSR count). The number of aliphatic carboxylic acids is 1. The highest BCUT2D eigenvalue weighted by molar-refractivity contribution is 7.99. The summed E-state index contributed by atoms with van der Waals surface area (Å²) in [6.07, 6.45) is 2.24. The SMILES string of the molecule is CCC(=CCSc1ccc(Cl)c(Cl)c1)C(=O)O. The van der Waals surface area contributed by atoms with E-state index in [0.717, 1.165) is 4.90 Å². The fraction of sp³-hybridized carbons (Fsp3) is 0.250. The smallest absolute Gasteiger partial charge is 0.331 e. The molecule has 17 heavy (non-hydrogen) atoms. The van der Waals surface area contributed by atoms with E-state index in [1.165, 1.54) is 11.8 Å². The molecule has 0 fully saturated rings. The molecule has 0 saturated carbocycles. The second-order valence-corrected chi connectivity index (χ2v) is 5.18. The van der Waals surface area contributed by atoms with E-state index in [4.69, 9.17) is 28.3 Å². The minimum Gasteiger partial charge on any atom is -0.478 e.